The number of nitrogens with one attached hydrogen (secondary N) is 1. The molecule has 2 amide bonds. The van der Waals surface area contributed by atoms with Gasteiger partial charge < -0.3 is 15.0 Å². The summed E-state index contributed by atoms with van der Waals surface area (Å²) in [5, 5.41) is 3.37. The van der Waals surface area contributed by atoms with Gasteiger partial charge in [-0.05, 0) is 31.0 Å². The van der Waals surface area contributed by atoms with Crippen molar-refractivity contribution in [2.75, 3.05) is 19.0 Å². The van der Waals surface area contributed by atoms with Gasteiger partial charge in [0.05, 0.1) is 18.7 Å². The highest BCUT2D eigenvalue weighted by Crippen LogP contribution is 2.32. The van der Waals surface area contributed by atoms with Crippen LogP contribution in [0.4, 0.5) is 5.69 Å². The molecule has 5 nitrogen and oxygen atoms in total. The van der Waals surface area contributed by atoms with Crippen molar-refractivity contribution in [2.45, 2.75) is 38.1 Å². The van der Waals surface area contributed by atoms with Crippen LogP contribution < -0.4 is 10.1 Å². The molecule has 0 spiro atoms. The van der Waals surface area contributed by atoms with E-state index in [9.17, 15) is 9.59 Å². The van der Waals surface area contributed by atoms with Gasteiger partial charge in [-0.25, -0.2) is 0 Å². The Kier molecular flexibility index (Phi) is 4.76. The third-order valence-corrected chi connectivity index (χ3v) is 4.95. The summed E-state index contributed by atoms with van der Waals surface area (Å²) < 4.78 is 5.24. The van der Waals surface area contributed by atoms with Crippen molar-refractivity contribution in [3.8, 4) is 5.75 Å². The molecular formula is C17H21ClN2O3. The van der Waals surface area contributed by atoms with Crippen LogP contribution in [0.5, 0.6) is 5.75 Å². The minimum atomic E-state index is -0.313. The lowest BCUT2D eigenvalue weighted by Crippen LogP contribution is -2.35. The zero-order chi connectivity index (χ0) is 16.4. The molecule has 2 fully saturated rings. The van der Waals surface area contributed by atoms with Crippen molar-refractivity contribution in [3.05, 3.63) is 23.2 Å². The summed E-state index contributed by atoms with van der Waals surface area (Å²) in [6, 6.07) is 5.39. The zero-order valence-electron chi connectivity index (χ0n) is 13.2. The standard InChI is InChI=1S/C17H21ClN2O3/c1-23-15-7-6-12(18)9-14(15)19-17(22)11-8-16(21)20(10-11)13-4-2-3-5-13/h6-7,9,11,13H,2-5,8,10H2,1H3,(H,19,22)/t11-/m1/s1. The van der Waals surface area contributed by atoms with Gasteiger partial charge in [-0.15, -0.1) is 0 Å². The molecule has 23 heavy (non-hydrogen) atoms. The molecule has 1 saturated heterocycles. The molecule has 1 saturated carbocycles. The molecule has 124 valence electrons. The second-order valence-electron chi connectivity index (χ2n) is 6.22. The Morgan fingerprint density at radius 3 is 2.78 bits per heavy atom. The van der Waals surface area contributed by atoms with Gasteiger partial charge in [0, 0.05) is 24.0 Å². The molecule has 1 aromatic rings. The molecule has 0 radical (unpaired) electrons. The van der Waals surface area contributed by atoms with E-state index in [-0.39, 0.29) is 24.2 Å². The van der Waals surface area contributed by atoms with E-state index < -0.39 is 0 Å². The van der Waals surface area contributed by atoms with E-state index in [2.05, 4.69) is 5.32 Å². The van der Waals surface area contributed by atoms with Crippen LogP contribution in [0.2, 0.25) is 5.02 Å². The summed E-state index contributed by atoms with van der Waals surface area (Å²) in [5.74, 6) is 0.182. The Balaban J connectivity index is 1.67. The van der Waals surface area contributed by atoms with Gasteiger partial charge in [0.2, 0.25) is 11.8 Å². The van der Waals surface area contributed by atoms with E-state index in [1.165, 1.54) is 12.8 Å². The lowest BCUT2D eigenvalue weighted by molar-refractivity contribution is -0.129. The van der Waals surface area contributed by atoms with Crippen LogP contribution in [0.15, 0.2) is 18.2 Å². The molecular weight excluding hydrogens is 316 g/mol. The van der Waals surface area contributed by atoms with Crippen LogP contribution in [0, 0.1) is 5.92 Å². The average molecular weight is 337 g/mol. The van der Waals surface area contributed by atoms with Crippen LogP contribution in [0.3, 0.4) is 0 Å². The maximum absolute atomic E-state index is 12.5. The molecule has 1 aliphatic carbocycles. The third-order valence-electron chi connectivity index (χ3n) is 4.71. The molecule has 0 aromatic heterocycles. The number of anilines is 1. The van der Waals surface area contributed by atoms with Gasteiger partial charge in [0.25, 0.3) is 0 Å². The molecule has 1 N–H and O–H groups in total. The smallest absolute Gasteiger partial charge is 0.229 e. The first-order chi connectivity index (χ1) is 11.1. The van der Waals surface area contributed by atoms with E-state index in [4.69, 9.17) is 16.3 Å². The highest BCUT2D eigenvalue weighted by molar-refractivity contribution is 6.31. The Bertz CT molecular complexity index is 614. The average Bonchev–Trinajstić information content (AvgIpc) is 3.16. The van der Waals surface area contributed by atoms with Crippen LogP contribution in [-0.2, 0) is 9.59 Å². The maximum atomic E-state index is 12.5. The third kappa shape index (κ3) is 3.44. The molecule has 1 atom stereocenters. The molecule has 0 unspecified atom stereocenters. The van der Waals surface area contributed by atoms with Crippen molar-refractivity contribution in [1.29, 1.82) is 0 Å². The highest BCUT2D eigenvalue weighted by Gasteiger charge is 2.38. The minimum Gasteiger partial charge on any atom is -0.495 e. The van der Waals surface area contributed by atoms with Gasteiger partial charge in [-0.3, -0.25) is 9.59 Å². The van der Waals surface area contributed by atoms with Crippen molar-refractivity contribution < 1.29 is 14.3 Å². The van der Waals surface area contributed by atoms with Gasteiger partial charge in [-0.2, -0.15) is 0 Å². The number of nitrogens with zero attached hydrogens (tertiary/aromatic N) is 1. The monoisotopic (exact) mass is 336 g/mol. The van der Waals surface area contributed by atoms with Gasteiger partial charge >= 0.3 is 0 Å². The molecule has 1 aliphatic heterocycles. The topological polar surface area (TPSA) is 58.6 Å². The fourth-order valence-corrected chi connectivity index (χ4v) is 3.66. The van der Waals surface area contributed by atoms with Gasteiger partial charge in [0.15, 0.2) is 0 Å². The number of likely N-dealkylation sites (tertiary alicyclic amines) is 1. The van der Waals surface area contributed by atoms with Crippen LogP contribution in [0.1, 0.15) is 32.1 Å². The summed E-state index contributed by atoms with van der Waals surface area (Å²) in [6.07, 6.45) is 4.74. The number of carbonyl (C=O) groups is 2. The van der Waals surface area contributed by atoms with Crippen molar-refractivity contribution in [2.24, 2.45) is 5.92 Å². The lowest BCUT2D eigenvalue weighted by Gasteiger charge is -2.24. The molecule has 1 heterocycles. The number of rotatable bonds is 4. The van der Waals surface area contributed by atoms with Gasteiger partial charge in [-0.1, -0.05) is 24.4 Å². The van der Waals surface area contributed by atoms with Crippen molar-refractivity contribution >= 4 is 29.1 Å². The summed E-state index contributed by atoms with van der Waals surface area (Å²) in [5.41, 5.74) is 0.539. The van der Waals surface area contributed by atoms with E-state index in [1.807, 2.05) is 4.90 Å². The second kappa shape index (κ2) is 6.79. The first-order valence-electron chi connectivity index (χ1n) is 8.02. The Hall–Kier alpha value is -1.75. The maximum Gasteiger partial charge on any atom is 0.229 e. The molecule has 2 aliphatic rings. The van der Waals surface area contributed by atoms with E-state index in [1.54, 1.807) is 25.3 Å². The van der Waals surface area contributed by atoms with Crippen molar-refractivity contribution in [1.82, 2.24) is 4.90 Å². The summed E-state index contributed by atoms with van der Waals surface area (Å²) in [7, 11) is 1.54. The molecule has 3 rings (SSSR count). The molecule has 1 aromatic carbocycles. The zero-order valence-corrected chi connectivity index (χ0v) is 13.9. The SMILES string of the molecule is COc1ccc(Cl)cc1NC(=O)[C@@H]1CC(=O)N(C2CCCC2)C1. The summed E-state index contributed by atoms with van der Waals surface area (Å²) >= 11 is 5.98. The largest absolute Gasteiger partial charge is 0.495 e. The predicted octanol–water partition coefficient (Wildman–Crippen LogP) is 3.08. The van der Waals surface area contributed by atoms with Gasteiger partial charge in [0.1, 0.15) is 5.75 Å². The predicted molar refractivity (Wildman–Crippen MR) is 88.7 cm³/mol. The fraction of sp³-hybridized carbons (Fsp3) is 0.529. The number of carbonyl (C=O) groups excluding carboxylic acids is 2. The summed E-state index contributed by atoms with van der Waals surface area (Å²) in [6.45, 7) is 0.512. The molecule has 0 bridgehead atoms. The number of ether oxygens (including phenoxy) is 1. The Morgan fingerprint density at radius 2 is 2.09 bits per heavy atom. The second-order valence-corrected chi connectivity index (χ2v) is 6.66. The number of hydrogen-bond donors (Lipinski definition) is 1. The number of methoxy groups -OCH3 is 1. The normalized spacial score (nSPS) is 21.7. The number of hydrogen-bond acceptors (Lipinski definition) is 3. The van der Waals surface area contributed by atoms with Crippen molar-refractivity contribution in [3.63, 3.8) is 0 Å². The van der Waals surface area contributed by atoms with Crippen LogP contribution in [-0.4, -0.2) is 36.4 Å². The van der Waals surface area contributed by atoms with E-state index in [0.29, 0.717) is 29.0 Å². The summed E-state index contributed by atoms with van der Waals surface area (Å²) in [4.78, 5) is 26.6. The highest BCUT2D eigenvalue weighted by atomic mass is 35.5. The van der Waals surface area contributed by atoms with E-state index >= 15 is 0 Å². The number of benzene rings is 1. The number of halogens is 1. The minimum absolute atomic E-state index is 0.0927. The van der Waals surface area contributed by atoms with E-state index in [0.717, 1.165) is 12.8 Å². The number of amides is 2. The Morgan fingerprint density at radius 1 is 1.35 bits per heavy atom. The first-order valence-corrected chi connectivity index (χ1v) is 8.40. The van der Waals surface area contributed by atoms with Crippen LogP contribution >= 0.6 is 11.6 Å². The first kappa shape index (κ1) is 16.1. The van der Waals surface area contributed by atoms with Crippen LogP contribution in [0.25, 0.3) is 0 Å². The Labute approximate surface area is 140 Å². The quantitative estimate of drug-likeness (QED) is 0.919. The lowest BCUT2D eigenvalue weighted by atomic mass is 10.1. The fourth-order valence-electron chi connectivity index (χ4n) is 3.49. The molecule has 6 heteroatoms.